The van der Waals surface area contributed by atoms with Crippen molar-refractivity contribution in [3.05, 3.63) is 89.6 Å². The molecule has 2 aromatic carbocycles. The average molecular weight is 333 g/mol. The molecule has 0 atom stereocenters. The molecule has 120 valence electrons. The smallest absolute Gasteiger partial charge is 0.176 e. The maximum atomic E-state index is 5.34. The first-order valence-electron chi connectivity index (χ1n) is 7.83. The second-order valence-corrected chi connectivity index (χ2v) is 6.03. The summed E-state index contributed by atoms with van der Waals surface area (Å²) >= 11 is 5.34. The SMILES string of the molecule is Cc1ccc(Cc2cccc(NC(=S)Nc3ccccc3)n2)cc1. The molecule has 0 aliphatic carbocycles. The Morgan fingerprint density at radius 3 is 2.38 bits per heavy atom. The Morgan fingerprint density at radius 1 is 0.875 bits per heavy atom. The quantitative estimate of drug-likeness (QED) is 0.673. The summed E-state index contributed by atoms with van der Waals surface area (Å²) in [6.45, 7) is 2.09. The minimum absolute atomic E-state index is 0.529. The van der Waals surface area contributed by atoms with E-state index < -0.39 is 0 Å². The fourth-order valence-electron chi connectivity index (χ4n) is 2.36. The number of anilines is 2. The summed E-state index contributed by atoms with van der Waals surface area (Å²) in [5, 5.41) is 6.81. The van der Waals surface area contributed by atoms with E-state index in [2.05, 4.69) is 46.8 Å². The lowest BCUT2D eigenvalue weighted by atomic mass is 10.1. The third-order valence-corrected chi connectivity index (χ3v) is 3.79. The lowest BCUT2D eigenvalue weighted by molar-refractivity contribution is 1.08. The van der Waals surface area contributed by atoms with E-state index in [0.717, 1.165) is 23.6 Å². The zero-order chi connectivity index (χ0) is 16.8. The summed E-state index contributed by atoms with van der Waals surface area (Å²) in [5.41, 5.74) is 4.46. The van der Waals surface area contributed by atoms with Gasteiger partial charge in [-0.3, -0.25) is 0 Å². The Balaban J connectivity index is 1.64. The van der Waals surface area contributed by atoms with Crippen molar-refractivity contribution in [2.24, 2.45) is 0 Å². The molecule has 0 aliphatic heterocycles. The summed E-state index contributed by atoms with van der Waals surface area (Å²) < 4.78 is 0. The van der Waals surface area contributed by atoms with Crippen LogP contribution in [-0.2, 0) is 6.42 Å². The lowest BCUT2D eigenvalue weighted by Crippen LogP contribution is -2.19. The second-order valence-electron chi connectivity index (χ2n) is 5.62. The van der Waals surface area contributed by atoms with E-state index in [1.165, 1.54) is 11.1 Å². The van der Waals surface area contributed by atoms with Gasteiger partial charge in [0.2, 0.25) is 0 Å². The number of pyridine rings is 1. The maximum absolute atomic E-state index is 5.34. The highest BCUT2D eigenvalue weighted by Crippen LogP contribution is 2.12. The third-order valence-electron chi connectivity index (χ3n) is 3.59. The molecule has 0 unspecified atom stereocenters. The highest BCUT2D eigenvalue weighted by molar-refractivity contribution is 7.80. The van der Waals surface area contributed by atoms with E-state index in [0.29, 0.717) is 5.11 Å². The molecule has 0 spiro atoms. The van der Waals surface area contributed by atoms with E-state index in [1.807, 2.05) is 48.5 Å². The van der Waals surface area contributed by atoms with Gasteiger partial charge in [0.15, 0.2) is 5.11 Å². The normalized spacial score (nSPS) is 10.2. The van der Waals surface area contributed by atoms with Crippen molar-refractivity contribution in [3.63, 3.8) is 0 Å². The molecule has 2 N–H and O–H groups in total. The standard InChI is InChI=1S/C20H19N3S/c1-15-10-12-16(13-11-15)14-18-8-5-9-19(21-18)23-20(24)22-17-6-3-2-4-7-17/h2-13H,14H2,1H3,(H2,21,22,23,24). The Bertz CT molecular complexity index is 814. The van der Waals surface area contributed by atoms with Crippen molar-refractivity contribution < 1.29 is 0 Å². The van der Waals surface area contributed by atoms with Crippen LogP contribution in [0.5, 0.6) is 0 Å². The molecule has 24 heavy (non-hydrogen) atoms. The molecule has 0 amide bonds. The molecule has 0 saturated carbocycles. The number of thiocarbonyl (C=S) groups is 1. The van der Waals surface area contributed by atoms with Crippen LogP contribution in [0.1, 0.15) is 16.8 Å². The van der Waals surface area contributed by atoms with Crippen molar-refractivity contribution in [1.82, 2.24) is 4.98 Å². The lowest BCUT2D eigenvalue weighted by Gasteiger charge is -2.11. The van der Waals surface area contributed by atoms with Crippen molar-refractivity contribution >= 4 is 28.8 Å². The molecule has 0 fully saturated rings. The fraction of sp³-hybridized carbons (Fsp3) is 0.100. The third kappa shape index (κ3) is 4.64. The monoisotopic (exact) mass is 333 g/mol. The zero-order valence-corrected chi connectivity index (χ0v) is 14.3. The molecule has 4 heteroatoms. The first-order valence-corrected chi connectivity index (χ1v) is 8.24. The number of rotatable bonds is 4. The van der Waals surface area contributed by atoms with Crippen LogP contribution >= 0.6 is 12.2 Å². The van der Waals surface area contributed by atoms with Crippen LogP contribution in [0, 0.1) is 6.92 Å². The van der Waals surface area contributed by atoms with Crippen molar-refractivity contribution in [2.45, 2.75) is 13.3 Å². The molecule has 0 radical (unpaired) electrons. The van der Waals surface area contributed by atoms with Gasteiger partial charge in [-0.15, -0.1) is 0 Å². The van der Waals surface area contributed by atoms with Gasteiger partial charge in [0, 0.05) is 17.8 Å². The zero-order valence-electron chi connectivity index (χ0n) is 13.5. The molecular weight excluding hydrogens is 314 g/mol. The van der Waals surface area contributed by atoms with Crippen LogP contribution < -0.4 is 10.6 Å². The molecule has 0 aliphatic rings. The fourth-order valence-corrected chi connectivity index (χ4v) is 2.59. The number of hydrogen-bond acceptors (Lipinski definition) is 2. The van der Waals surface area contributed by atoms with Gasteiger partial charge in [0.25, 0.3) is 0 Å². The highest BCUT2D eigenvalue weighted by Gasteiger charge is 2.02. The molecule has 1 aromatic heterocycles. The molecule has 3 nitrogen and oxygen atoms in total. The number of nitrogens with one attached hydrogen (secondary N) is 2. The first-order chi connectivity index (χ1) is 11.7. The summed E-state index contributed by atoms with van der Waals surface area (Å²) in [5.74, 6) is 0.744. The molecular formula is C20H19N3S. The summed E-state index contributed by atoms with van der Waals surface area (Å²) in [6, 6.07) is 24.3. The first kappa shape index (κ1) is 16.1. The van der Waals surface area contributed by atoms with Crippen molar-refractivity contribution in [2.75, 3.05) is 10.6 Å². The summed E-state index contributed by atoms with van der Waals surface area (Å²) in [6.07, 6.45) is 0.800. The number of hydrogen-bond donors (Lipinski definition) is 2. The van der Waals surface area contributed by atoms with Gasteiger partial charge in [0.1, 0.15) is 5.82 Å². The Morgan fingerprint density at radius 2 is 1.62 bits per heavy atom. The summed E-state index contributed by atoms with van der Waals surface area (Å²) in [4.78, 5) is 4.63. The highest BCUT2D eigenvalue weighted by atomic mass is 32.1. The minimum Gasteiger partial charge on any atom is -0.332 e. The summed E-state index contributed by atoms with van der Waals surface area (Å²) in [7, 11) is 0. The van der Waals surface area contributed by atoms with Gasteiger partial charge < -0.3 is 10.6 Å². The van der Waals surface area contributed by atoms with Gasteiger partial charge in [-0.25, -0.2) is 4.98 Å². The molecule has 0 bridgehead atoms. The Hall–Kier alpha value is -2.72. The number of para-hydroxylation sites is 1. The van der Waals surface area contributed by atoms with E-state index in [9.17, 15) is 0 Å². The second kappa shape index (κ2) is 7.70. The van der Waals surface area contributed by atoms with Crippen molar-refractivity contribution in [1.29, 1.82) is 0 Å². The van der Waals surface area contributed by atoms with Gasteiger partial charge in [0.05, 0.1) is 0 Å². The number of nitrogens with zero attached hydrogens (tertiary/aromatic N) is 1. The number of benzene rings is 2. The maximum Gasteiger partial charge on any atom is 0.176 e. The van der Waals surface area contributed by atoms with Crippen LogP contribution in [0.2, 0.25) is 0 Å². The minimum atomic E-state index is 0.529. The van der Waals surface area contributed by atoms with E-state index >= 15 is 0 Å². The van der Waals surface area contributed by atoms with Crippen LogP contribution in [0.4, 0.5) is 11.5 Å². The Kier molecular flexibility index (Phi) is 5.18. The van der Waals surface area contributed by atoms with Crippen LogP contribution in [0.3, 0.4) is 0 Å². The van der Waals surface area contributed by atoms with Gasteiger partial charge in [-0.05, 0) is 49.0 Å². The van der Waals surface area contributed by atoms with Crippen molar-refractivity contribution in [3.8, 4) is 0 Å². The van der Waals surface area contributed by atoms with Gasteiger partial charge in [-0.2, -0.15) is 0 Å². The van der Waals surface area contributed by atoms with E-state index in [1.54, 1.807) is 0 Å². The van der Waals surface area contributed by atoms with Gasteiger partial charge in [-0.1, -0.05) is 54.1 Å². The van der Waals surface area contributed by atoms with Gasteiger partial charge >= 0.3 is 0 Å². The topological polar surface area (TPSA) is 37.0 Å². The van der Waals surface area contributed by atoms with E-state index in [4.69, 9.17) is 12.2 Å². The van der Waals surface area contributed by atoms with Crippen LogP contribution in [-0.4, -0.2) is 10.1 Å². The Labute approximate surface area is 147 Å². The van der Waals surface area contributed by atoms with E-state index in [-0.39, 0.29) is 0 Å². The van der Waals surface area contributed by atoms with Crippen LogP contribution in [0.25, 0.3) is 0 Å². The largest absolute Gasteiger partial charge is 0.332 e. The predicted octanol–water partition coefficient (Wildman–Crippen LogP) is 4.79. The molecule has 3 rings (SSSR count). The number of aryl methyl sites for hydroxylation is 1. The molecule has 0 saturated heterocycles. The average Bonchev–Trinajstić information content (AvgIpc) is 2.58. The van der Waals surface area contributed by atoms with Crippen LogP contribution in [0.15, 0.2) is 72.8 Å². The number of aromatic nitrogens is 1. The molecule has 3 aromatic rings. The molecule has 1 heterocycles. The predicted molar refractivity (Wildman–Crippen MR) is 105 cm³/mol.